The number of sulfonamides is 1. The van der Waals surface area contributed by atoms with E-state index >= 15 is 0 Å². The maximum atomic E-state index is 13.9. The summed E-state index contributed by atoms with van der Waals surface area (Å²) >= 11 is 12.3. The molecule has 2 rings (SSSR count). The maximum Gasteiger partial charge on any atom is 0.244 e. The van der Waals surface area contributed by atoms with Gasteiger partial charge in [-0.05, 0) is 49.6 Å². The number of anilines is 1. The molecule has 0 aliphatic rings. The fourth-order valence-electron chi connectivity index (χ4n) is 3.78. The molecular weight excluding hydrogens is 553 g/mol. The average Bonchev–Trinajstić information content (AvgIpc) is 2.87. The van der Waals surface area contributed by atoms with Crippen LogP contribution in [-0.4, -0.2) is 64.2 Å². The number of halogens is 2. The highest BCUT2D eigenvalue weighted by Gasteiger charge is 2.33. The number of nitrogens with zero attached hydrogens (tertiary/aromatic N) is 2. The molecule has 1 N–H and O–H groups in total. The Labute approximate surface area is 235 Å². The highest BCUT2D eigenvalue weighted by atomic mass is 35.5. The summed E-state index contributed by atoms with van der Waals surface area (Å²) in [7, 11) is -1.11. The molecule has 0 aliphatic heterocycles. The molecule has 210 valence electrons. The normalized spacial score (nSPS) is 12.8. The van der Waals surface area contributed by atoms with Crippen LogP contribution in [0.4, 0.5) is 5.69 Å². The lowest BCUT2D eigenvalue weighted by Crippen LogP contribution is -2.53. The van der Waals surface area contributed by atoms with Crippen molar-refractivity contribution >= 4 is 50.7 Å². The molecule has 0 spiro atoms. The third kappa shape index (κ3) is 8.15. The van der Waals surface area contributed by atoms with Crippen molar-refractivity contribution in [2.45, 2.75) is 52.2 Å². The molecule has 2 aromatic carbocycles. The number of ether oxygens (including phenoxy) is 2. The van der Waals surface area contributed by atoms with Gasteiger partial charge in [-0.15, -0.1) is 0 Å². The predicted octanol–water partition coefficient (Wildman–Crippen LogP) is 4.50. The Morgan fingerprint density at radius 3 is 2.21 bits per heavy atom. The van der Waals surface area contributed by atoms with E-state index in [0.717, 1.165) is 10.6 Å². The molecule has 9 nitrogen and oxygen atoms in total. The Kier molecular flexibility index (Phi) is 11.5. The summed E-state index contributed by atoms with van der Waals surface area (Å²) in [5, 5.41) is 3.57. The van der Waals surface area contributed by atoms with Crippen LogP contribution in [0.3, 0.4) is 0 Å². The van der Waals surface area contributed by atoms with Gasteiger partial charge in [-0.2, -0.15) is 0 Å². The lowest BCUT2D eigenvalue weighted by atomic mass is 10.1. The fourth-order valence-corrected chi connectivity index (χ4v) is 4.95. The van der Waals surface area contributed by atoms with Crippen LogP contribution < -0.4 is 19.1 Å². The molecule has 2 amide bonds. The van der Waals surface area contributed by atoms with Gasteiger partial charge in [-0.3, -0.25) is 13.9 Å². The number of carbonyl (C=O) groups excluding carboxylic acids is 2. The van der Waals surface area contributed by atoms with Gasteiger partial charge in [0.2, 0.25) is 21.8 Å². The van der Waals surface area contributed by atoms with Gasteiger partial charge in [0.25, 0.3) is 0 Å². The van der Waals surface area contributed by atoms with Gasteiger partial charge in [0.05, 0.1) is 36.2 Å². The zero-order valence-corrected chi connectivity index (χ0v) is 24.8. The Morgan fingerprint density at radius 2 is 1.68 bits per heavy atom. The number of hydrogen-bond donors (Lipinski definition) is 1. The predicted molar refractivity (Wildman–Crippen MR) is 151 cm³/mol. The smallest absolute Gasteiger partial charge is 0.244 e. The number of rotatable bonds is 13. The molecule has 0 aromatic heterocycles. The van der Waals surface area contributed by atoms with Gasteiger partial charge >= 0.3 is 0 Å². The fraction of sp³-hybridized carbons (Fsp3) is 0.462. The van der Waals surface area contributed by atoms with Crippen molar-refractivity contribution in [3.05, 3.63) is 52.0 Å². The Bertz CT molecular complexity index is 1240. The van der Waals surface area contributed by atoms with Crippen LogP contribution in [0.15, 0.2) is 36.4 Å². The van der Waals surface area contributed by atoms with E-state index in [2.05, 4.69) is 5.32 Å². The van der Waals surface area contributed by atoms with Crippen molar-refractivity contribution in [1.29, 1.82) is 0 Å². The van der Waals surface area contributed by atoms with Crippen LogP contribution in [0.25, 0.3) is 0 Å². The van der Waals surface area contributed by atoms with E-state index < -0.39 is 28.5 Å². The molecule has 0 fully saturated rings. The monoisotopic (exact) mass is 587 g/mol. The van der Waals surface area contributed by atoms with Gasteiger partial charge in [-0.1, -0.05) is 43.1 Å². The van der Waals surface area contributed by atoms with Crippen LogP contribution in [0.1, 0.15) is 39.2 Å². The molecule has 0 bridgehead atoms. The number of carbonyl (C=O) groups is 2. The molecular formula is C26H35Cl2N3O6S. The Morgan fingerprint density at radius 1 is 1.00 bits per heavy atom. The molecule has 0 unspecified atom stereocenters. The lowest BCUT2D eigenvalue weighted by molar-refractivity contribution is -0.140. The van der Waals surface area contributed by atoms with Crippen LogP contribution in [0, 0.1) is 0 Å². The molecule has 0 saturated carbocycles. The summed E-state index contributed by atoms with van der Waals surface area (Å²) in [6.45, 7) is 5.04. The molecule has 0 heterocycles. The minimum Gasteiger partial charge on any atom is -0.497 e. The van der Waals surface area contributed by atoms with E-state index in [4.69, 9.17) is 32.7 Å². The third-order valence-corrected chi connectivity index (χ3v) is 7.92. The second-order valence-corrected chi connectivity index (χ2v) is 11.5. The first-order chi connectivity index (χ1) is 17.9. The number of hydrogen-bond acceptors (Lipinski definition) is 6. The van der Waals surface area contributed by atoms with Gasteiger partial charge in [-0.25, -0.2) is 8.42 Å². The SMILES string of the molecule is CC[C@@H](C)NC(=O)[C@@H](CC)N(Cc1ccc(Cl)c(Cl)c1)C(=O)CN(c1cc(OC)ccc1OC)S(C)(=O)=O. The molecule has 2 atom stereocenters. The van der Waals surface area contributed by atoms with Crippen molar-refractivity contribution < 1.29 is 27.5 Å². The maximum absolute atomic E-state index is 13.9. The van der Waals surface area contributed by atoms with Crippen molar-refractivity contribution in [2.75, 3.05) is 31.3 Å². The van der Waals surface area contributed by atoms with Crippen molar-refractivity contribution in [1.82, 2.24) is 10.2 Å². The van der Waals surface area contributed by atoms with E-state index in [0.29, 0.717) is 34.2 Å². The van der Waals surface area contributed by atoms with Crippen LogP contribution in [-0.2, 0) is 26.2 Å². The van der Waals surface area contributed by atoms with E-state index in [1.54, 1.807) is 37.3 Å². The van der Waals surface area contributed by atoms with Crippen LogP contribution >= 0.6 is 23.2 Å². The second kappa shape index (κ2) is 13.9. The highest BCUT2D eigenvalue weighted by Crippen LogP contribution is 2.34. The second-order valence-electron chi connectivity index (χ2n) is 8.82. The quantitative estimate of drug-likeness (QED) is 0.370. The molecule has 0 radical (unpaired) electrons. The van der Waals surface area contributed by atoms with Crippen molar-refractivity contribution in [3.63, 3.8) is 0 Å². The van der Waals surface area contributed by atoms with Crippen LogP contribution in [0.2, 0.25) is 10.0 Å². The zero-order valence-electron chi connectivity index (χ0n) is 22.5. The number of nitrogens with one attached hydrogen (secondary N) is 1. The molecule has 0 saturated heterocycles. The zero-order chi connectivity index (χ0) is 28.6. The van der Waals surface area contributed by atoms with Gasteiger partial charge in [0.1, 0.15) is 24.1 Å². The summed E-state index contributed by atoms with van der Waals surface area (Å²) in [4.78, 5) is 28.4. The highest BCUT2D eigenvalue weighted by molar-refractivity contribution is 7.92. The Hall–Kier alpha value is -2.69. The minimum absolute atomic E-state index is 0.00893. The summed E-state index contributed by atoms with van der Waals surface area (Å²) in [6.07, 6.45) is 2.01. The number of benzene rings is 2. The molecule has 2 aromatic rings. The van der Waals surface area contributed by atoms with E-state index in [1.807, 2.05) is 13.8 Å². The summed E-state index contributed by atoms with van der Waals surface area (Å²) < 4.78 is 37.4. The first-order valence-electron chi connectivity index (χ1n) is 12.1. The standard InChI is InChI=1S/C26H35Cl2N3O6S/c1-7-17(3)29-26(33)22(8-2)30(15-18-9-11-20(27)21(28)13-18)25(32)16-31(38(6,34)35)23-14-19(36-4)10-12-24(23)37-5/h9-14,17,22H,7-8,15-16H2,1-6H3,(H,29,33)/t17-,22-/m1/s1. The minimum atomic E-state index is -3.95. The number of amides is 2. The lowest BCUT2D eigenvalue weighted by Gasteiger charge is -2.33. The van der Waals surface area contributed by atoms with E-state index in [9.17, 15) is 18.0 Å². The van der Waals surface area contributed by atoms with Crippen molar-refractivity contribution in [2.24, 2.45) is 0 Å². The van der Waals surface area contributed by atoms with Gasteiger partial charge < -0.3 is 19.7 Å². The first-order valence-corrected chi connectivity index (χ1v) is 14.7. The summed E-state index contributed by atoms with van der Waals surface area (Å²) in [5.41, 5.74) is 0.765. The average molecular weight is 589 g/mol. The molecule has 12 heteroatoms. The topological polar surface area (TPSA) is 105 Å². The van der Waals surface area contributed by atoms with E-state index in [-0.39, 0.29) is 29.9 Å². The Balaban J connectivity index is 2.55. The summed E-state index contributed by atoms with van der Waals surface area (Å²) in [5.74, 6) is -0.298. The molecule has 38 heavy (non-hydrogen) atoms. The largest absolute Gasteiger partial charge is 0.497 e. The summed E-state index contributed by atoms with van der Waals surface area (Å²) in [6, 6.07) is 8.60. The van der Waals surface area contributed by atoms with Crippen molar-refractivity contribution in [3.8, 4) is 11.5 Å². The van der Waals surface area contributed by atoms with E-state index in [1.165, 1.54) is 25.2 Å². The van der Waals surface area contributed by atoms with Gasteiger partial charge in [0.15, 0.2) is 0 Å². The molecule has 0 aliphatic carbocycles. The van der Waals surface area contributed by atoms with Crippen LogP contribution in [0.5, 0.6) is 11.5 Å². The first kappa shape index (κ1) is 31.5. The number of methoxy groups -OCH3 is 2. The van der Waals surface area contributed by atoms with Gasteiger partial charge in [0, 0.05) is 18.7 Å². The third-order valence-electron chi connectivity index (χ3n) is 6.06.